The predicted molar refractivity (Wildman–Crippen MR) is 80.3 cm³/mol. The molecule has 0 aromatic heterocycles. The molecule has 0 saturated carbocycles. The van der Waals surface area contributed by atoms with E-state index in [-0.39, 0.29) is 23.3 Å². The summed E-state index contributed by atoms with van der Waals surface area (Å²) in [6, 6.07) is -0.186. The Morgan fingerprint density at radius 1 is 1.35 bits per heavy atom. The Bertz CT molecular complexity index is 361. The van der Waals surface area contributed by atoms with Gasteiger partial charge in [0.2, 0.25) is 11.8 Å². The van der Waals surface area contributed by atoms with Crippen LogP contribution >= 0.6 is 0 Å². The number of likely N-dealkylation sites (N-methyl/N-ethyl adjacent to an activating group) is 1. The summed E-state index contributed by atoms with van der Waals surface area (Å²) in [4.78, 5) is 28.4. The van der Waals surface area contributed by atoms with Gasteiger partial charge in [-0.3, -0.25) is 9.59 Å². The van der Waals surface area contributed by atoms with Gasteiger partial charge in [0.05, 0.1) is 6.54 Å². The van der Waals surface area contributed by atoms with Crippen molar-refractivity contribution in [1.29, 1.82) is 0 Å². The Labute approximate surface area is 122 Å². The van der Waals surface area contributed by atoms with E-state index in [1.54, 1.807) is 4.90 Å². The van der Waals surface area contributed by atoms with Crippen LogP contribution in [0.5, 0.6) is 0 Å². The van der Waals surface area contributed by atoms with Crippen LogP contribution in [-0.2, 0) is 9.59 Å². The maximum absolute atomic E-state index is 12.7. The van der Waals surface area contributed by atoms with E-state index in [0.29, 0.717) is 6.54 Å². The van der Waals surface area contributed by atoms with Crippen LogP contribution in [0, 0.1) is 5.41 Å². The molecular weight excluding hydrogens is 254 g/mol. The van der Waals surface area contributed by atoms with Crippen molar-refractivity contribution in [1.82, 2.24) is 15.1 Å². The lowest BCUT2D eigenvalue weighted by Crippen LogP contribution is -2.56. The number of carbonyl (C=O) groups excluding carboxylic acids is 2. The Balaban J connectivity index is 2.79. The Hall–Kier alpha value is -1.10. The van der Waals surface area contributed by atoms with Gasteiger partial charge in [0, 0.05) is 12.6 Å². The SMILES string of the molecule is C[C@@H]1CCCN1C(=O)[C@@H](NC(=O)CN(C)C)C(C)(C)C. The van der Waals surface area contributed by atoms with Crippen LogP contribution in [0.4, 0.5) is 0 Å². The molecule has 1 rings (SSSR count). The summed E-state index contributed by atoms with van der Waals surface area (Å²) in [7, 11) is 3.69. The van der Waals surface area contributed by atoms with E-state index in [4.69, 9.17) is 0 Å². The van der Waals surface area contributed by atoms with Crippen molar-refractivity contribution in [3.05, 3.63) is 0 Å². The fourth-order valence-corrected chi connectivity index (χ4v) is 2.57. The zero-order valence-electron chi connectivity index (χ0n) is 13.7. The van der Waals surface area contributed by atoms with E-state index >= 15 is 0 Å². The highest BCUT2D eigenvalue weighted by Crippen LogP contribution is 2.25. The molecule has 2 atom stereocenters. The van der Waals surface area contributed by atoms with E-state index in [1.807, 2.05) is 39.8 Å². The average Bonchev–Trinajstić information content (AvgIpc) is 2.69. The molecule has 1 N–H and O–H groups in total. The second-order valence-electron chi connectivity index (χ2n) is 7.13. The minimum absolute atomic E-state index is 0.0506. The maximum atomic E-state index is 12.7. The second-order valence-corrected chi connectivity index (χ2v) is 7.13. The largest absolute Gasteiger partial charge is 0.343 e. The van der Waals surface area contributed by atoms with Gasteiger partial charge in [-0.05, 0) is 39.3 Å². The number of carbonyl (C=O) groups is 2. The number of nitrogens with zero attached hydrogens (tertiary/aromatic N) is 2. The van der Waals surface area contributed by atoms with Crippen LogP contribution in [0.2, 0.25) is 0 Å². The zero-order chi connectivity index (χ0) is 15.5. The van der Waals surface area contributed by atoms with Crippen molar-refractivity contribution in [3.8, 4) is 0 Å². The highest BCUT2D eigenvalue weighted by Gasteiger charge is 2.38. The molecule has 116 valence electrons. The molecule has 1 heterocycles. The first-order valence-corrected chi connectivity index (χ1v) is 7.37. The molecule has 0 aliphatic carbocycles. The zero-order valence-corrected chi connectivity index (χ0v) is 13.7. The molecule has 1 aliphatic rings. The number of hydrogen-bond donors (Lipinski definition) is 1. The normalized spacial score (nSPS) is 21.1. The van der Waals surface area contributed by atoms with Gasteiger partial charge in [0.1, 0.15) is 6.04 Å². The Kier molecular flexibility index (Phi) is 5.57. The van der Waals surface area contributed by atoms with Crippen molar-refractivity contribution in [2.45, 2.75) is 52.6 Å². The van der Waals surface area contributed by atoms with Crippen LogP contribution in [0.1, 0.15) is 40.5 Å². The minimum Gasteiger partial charge on any atom is -0.343 e. The third-order valence-electron chi connectivity index (χ3n) is 3.71. The maximum Gasteiger partial charge on any atom is 0.245 e. The number of rotatable bonds is 4. The molecule has 20 heavy (non-hydrogen) atoms. The fourth-order valence-electron chi connectivity index (χ4n) is 2.57. The molecule has 1 fully saturated rings. The molecular formula is C15H29N3O2. The van der Waals surface area contributed by atoms with Gasteiger partial charge < -0.3 is 15.1 Å². The topological polar surface area (TPSA) is 52.7 Å². The van der Waals surface area contributed by atoms with E-state index in [2.05, 4.69) is 12.2 Å². The average molecular weight is 283 g/mol. The molecule has 0 bridgehead atoms. The standard InChI is InChI=1S/C15H29N3O2/c1-11-8-7-9-18(11)14(20)13(15(2,3)4)16-12(19)10-17(5)6/h11,13H,7-10H2,1-6H3,(H,16,19)/t11-,13-/m1/s1. The number of likely N-dealkylation sites (tertiary alicyclic amines) is 1. The van der Waals surface area contributed by atoms with Crippen LogP contribution in [0.15, 0.2) is 0 Å². The van der Waals surface area contributed by atoms with Crippen molar-refractivity contribution < 1.29 is 9.59 Å². The molecule has 2 amide bonds. The number of nitrogens with one attached hydrogen (secondary N) is 1. The fraction of sp³-hybridized carbons (Fsp3) is 0.867. The number of hydrogen-bond acceptors (Lipinski definition) is 3. The molecule has 0 spiro atoms. The lowest BCUT2D eigenvalue weighted by atomic mass is 9.85. The molecule has 5 heteroatoms. The summed E-state index contributed by atoms with van der Waals surface area (Å²) in [6.07, 6.45) is 2.10. The summed E-state index contributed by atoms with van der Waals surface area (Å²) < 4.78 is 0. The van der Waals surface area contributed by atoms with E-state index in [0.717, 1.165) is 19.4 Å². The highest BCUT2D eigenvalue weighted by molar-refractivity contribution is 5.89. The monoisotopic (exact) mass is 283 g/mol. The molecule has 1 saturated heterocycles. The lowest BCUT2D eigenvalue weighted by Gasteiger charge is -2.35. The molecule has 0 radical (unpaired) electrons. The van der Waals surface area contributed by atoms with Crippen molar-refractivity contribution in [2.24, 2.45) is 5.41 Å². The first-order valence-electron chi connectivity index (χ1n) is 7.37. The lowest BCUT2D eigenvalue weighted by molar-refractivity contribution is -0.140. The quantitative estimate of drug-likeness (QED) is 0.840. The molecule has 1 aliphatic heterocycles. The molecule has 0 aromatic rings. The van der Waals surface area contributed by atoms with Gasteiger partial charge in [0.15, 0.2) is 0 Å². The van der Waals surface area contributed by atoms with Crippen LogP contribution in [0.3, 0.4) is 0 Å². The summed E-state index contributed by atoms with van der Waals surface area (Å²) in [5.74, 6) is -0.0512. The van der Waals surface area contributed by atoms with Gasteiger partial charge in [-0.1, -0.05) is 20.8 Å². The number of amides is 2. The van der Waals surface area contributed by atoms with E-state index < -0.39 is 6.04 Å². The van der Waals surface area contributed by atoms with Crippen LogP contribution in [0.25, 0.3) is 0 Å². The molecule has 0 unspecified atom stereocenters. The van der Waals surface area contributed by atoms with E-state index in [1.165, 1.54) is 0 Å². The second kappa shape index (κ2) is 6.57. The Morgan fingerprint density at radius 3 is 2.35 bits per heavy atom. The first kappa shape index (κ1) is 17.0. The van der Waals surface area contributed by atoms with Gasteiger partial charge in [-0.2, -0.15) is 0 Å². The van der Waals surface area contributed by atoms with Gasteiger partial charge in [0.25, 0.3) is 0 Å². The molecule has 5 nitrogen and oxygen atoms in total. The Morgan fingerprint density at radius 2 is 1.95 bits per heavy atom. The van der Waals surface area contributed by atoms with Crippen LogP contribution < -0.4 is 5.32 Å². The van der Waals surface area contributed by atoms with Crippen molar-refractivity contribution in [2.75, 3.05) is 27.2 Å². The van der Waals surface area contributed by atoms with E-state index in [9.17, 15) is 9.59 Å². The molecule has 0 aromatic carbocycles. The third-order valence-corrected chi connectivity index (χ3v) is 3.71. The van der Waals surface area contributed by atoms with Gasteiger partial charge in [-0.25, -0.2) is 0 Å². The minimum atomic E-state index is -0.463. The third kappa shape index (κ3) is 4.47. The summed E-state index contributed by atoms with van der Waals surface area (Å²) in [6.45, 7) is 9.16. The van der Waals surface area contributed by atoms with Crippen molar-refractivity contribution in [3.63, 3.8) is 0 Å². The predicted octanol–water partition coefficient (Wildman–Crippen LogP) is 1.09. The highest BCUT2D eigenvalue weighted by atomic mass is 16.2. The van der Waals surface area contributed by atoms with Crippen molar-refractivity contribution >= 4 is 11.8 Å². The van der Waals surface area contributed by atoms with Gasteiger partial charge >= 0.3 is 0 Å². The first-order chi connectivity index (χ1) is 9.12. The summed E-state index contributed by atoms with van der Waals surface area (Å²) >= 11 is 0. The smallest absolute Gasteiger partial charge is 0.245 e. The summed E-state index contributed by atoms with van der Waals surface area (Å²) in [5, 5.41) is 2.91. The van der Waals surface area contributed by atoms with Crippen LogP contribution in [-0.4, -0.2) is 60.9 Å². The summed E-state index contributed by atoms with van der Waals surface area (Å²) in [5.41, 5.74) is -0.290. The van der Waals surface area contributed by atoms with Gasteiger partial charge in [-0.15, -0.1) is 0 Å².